The highest BCUT2D eigenvalue weighted by molar-refractivity contribution is 5.35. The van der Waals surface area contributed by atoms with E-state index in [-0.39, 0.29) is 5.56 Å². The van der Waals surface area contributed by atoms with Gasteiger partial charge in [-0.2, -0.15) is 0 Å². The van der Waals surface area contributed by atoms with Crippen molar-refractivity contribution in [1.29, 1.82) is 0 Å². The van der Waals surface area contributed by atoms with Gasteiger partial charge in [-0.25, -0.2) is 4.98 Å². The fraction of sp³-hybridized carbons (Fsp3) is 0.667. The van der Waals surface area contributed by atoms with Crippen LogP contribution in [0.1, 0.15) is 26.7 Å². The Balaban J connectivity index is 2.94. The zero-order chi connectivity index (χ0) is 12.7. The van der Waals surface area contributed by atoms with Crippen molar-refractivity contribution in [3.05, 3.63) is 22.7 Å². The second-order valence-corrected chi connectivity index (χ2v) is 3.97. The minimum absolute atomic E-state index is 0.00628. The smallest absolute Gasteiger partial charge is 0.293 e. The molecule has 0 aliphatic carbocycles. The minimum Gasteiger partial charge on any atom is -0.352 e. The van der Waals surface area contributed by atoms with Gasteiger partial charge in [0.1, 0.15) is 0 Å². The largest absolute Gasteiger partial charge is 0.352 e. The third-order valence-corrected chi connectivity index (χ3v) is 2.67. The van der Waals surface area contributed by atoms with Gasteiger partial charge in [-0.05, 0) is 26.3 Å². The fourth-order valence-electron chi connectivity index (χ4n) is 1.77. The predicted molar refractivity (Wildman–Crippen MR) is 70.3 cm³/mol. The molecule has 17 heavy (non-hydrogen) atoms. The molecule has 0 amide bonds. The van der Waals surface area contributed by atoms with Gasteiger partial charge in [0.25, 0.3) is 5.56 Å². The lowest BCUT2D eigenvalue weighted by molar-refractivity contribution is 0.639. The fourth-order valence-corrected chi connectivity index (χ4v) is 1.77. The molecule has 1 aromatic rings. The lowest BCUT2D eigenvalue weighted by Crippen LogP contribution is -2.34. The van der Waals surface area contributed by atoms with Crippen LogP contribution in [0.3, 0.4) is 0 Å². The normalized spacial score (nSPS) is 10.5. The second kappa shape index (κ2) is 7.06. The summed E-state index contributed by atoms with van der Waals surface area (Å²) in [6.45, 7) is 7.01. The van der Waals surface area contributed by atoms with E-state index in [1.54, 1.807) is 17.0 Å². The van der Waals surface area contributed by atoms with Crippen LogP contribution in [0.25, 0.3) is 0 Å². The van der Waals surface area contributed by atoms with E-state index in [9.17, 15) is 4.79 Å². The van der Waals surface area contributed by atoms with Crippen LogP contribution in [-0.2, 0) is 6.54 Å². The summed E-state index contributed by atoms with van der Waals surface area (Å²) < 4.78 is 1.72. The number of hydrogen-bond donors (Lipinski definition) is 1. The molecular weight excluding hydrogens is 216 g/mol. The van der Waals surface area contributed by atoms with Crippen molar-refractivity contribution >= 4 is 5.82 Å². The van der Waals surface area contributed by atoms with E-state index in [4.69, 9.17) is 5.73 Å². The molecule has 1 rings (SSSR count). The Kier molecular flexibility index (Phi) is 5.69. The molecule has 0 bridgehead atoms. The summed E-state index contributed by atoms with van der Waals surface area (Å²) in [5, 5.41) is 0. The Morgan fingerprint density at radius 2 is 2.24 bits per heavy atom. The van der Waals surface area contributed by atoms with Gasteiger partial charge in [0, 0.05) is 32.0 Å². The lowest BCUT2D eigenvalue weighted by Gasteiger charge is -2.21. The highest BCUT2D eigenvalue weighted by Crippen LogP contribution is 2.04. The average Bonchev–Trinajstić information content (AvgIpc) is 2.34. The second-order valence-electron chi connectivity index (χ2n) is 3.97. The molecule has 1 heterocycles. The summed E-state index contributed by atoms with van der Waals surface area (Å²) >= 11 is 0. The van der Waals surface area contributed by atoms with Crippen LogP contribution in [-0.4, -0.2) is 29.2 Å². The Labute approximate surface area is 102 Å². The molecule has 0 aliphatic rings. The third-order valence-electron chi connectivity index (χ3n) is 2.67. The summed E-state index contributed by atoms with van der Waals surface area (Å²) in [6.07, 6.45) is 5.25. The Bertz CT molecular complexity index is 388. The molecular formula is C12H22N4O. The monoisotopic (exact) mass is 238 g/mol. The summed E-state index contributed by atoms with van der Waals surface area (Å²) in [4.78, 5) is 18.3. The van der Waals surface area contributed by atoms with Gasteiger partial charge in [-0.15, -0.1) is 0 Å². The molecule has 0 aromatic carbocycles. The Morgan fingerprint density at radius 1 is 1.47 bits per heavy atom. The molecule has 96 valence electrons. The van der Waals surface area contributed by atoms with Gasteiger partial charge in [0.05, 0.1) is 0 Å². The first kappa shape index (κ1) is 13.7. The molecule has 0 atom stereocenters. The Morgan fingerprint density at radius 3 is 2.82 bits per heavy atom. The molecule has 0 unspecified atom stereocenters. The number of nitrogens with zero attached hydrogens (tertiary/aromatic N) is 3. The lowest BCUT2D eigenvalue weighted by atomic mass is 10.3. The molecule has 0 spiro atoms. The predicted octanol–water partition coefficient (Wildman–Crippen LogP) is 0.828. The van der Waals surface area contributed by atoms with E-state index >= 15 is 0 Å². The molecule has 1 aromatic heterocycles. The SMILES string of the molecule is CCCn1ccnc(N(CC)CCCN)c1=O. The van der Waals surface area contributed by atoms with Gasteiger partial charge < -0.3 is 15.2 Å². The molecule has 0 fully saturated rings. The number of nitrogens with two attached hydrogens (primary N) is 1. The van der Waals surface area contributed by atoms with Crippen LogP contribution in [0, 0.1) is 0 Å². The van der Waals surface area contributed by atoms with Crippen molar-refractivity contribution in [3.8, 4) is 0 Å². The topological polar surface area (TPSA) is 64.2 Å². The van der Waals surface area contributed by atoms with Crippen LogP contribution >= 0.6 is 0 Å². The van der Waals surface area contributed by atoms with Crippen molar-refractivity contribution in [3.63, 3.8) is 0 Å². The van der Waals surface area contributed by atoms with Crippen LogP contribution in [0.5, 0.6) is 0 Å². The summed E-state index contributed by atoms with van der Waals surface area (Å²) in [6, 6.07) is 0. The van der Waals surface area contributed by atoms with Crippen molar-refractivity contribution in [2.45, 2.75) is 33.2 Å². The molecule has 0 saturated carbocycles. The number of anilines is 1. The van der Waals surface area contributed by atoms with Crippen molar-refractivity contribution < 1.29 is 0 Å². The van der Waals surface area contributed by atoms with E-state index in [0.717, 1.165) is 32.5 Å². The molecule has 5 nitrogen and oxygen atoms in total. The summed E-state index contributed by atoms with van der Waals surface area (Å²) in [5.41, 5.74) is 5.49. The Hall–Kier alpha value is -1.36. The van der Waals surface area contributed by atoms with Crippen LogP contribution in [0.15, 0.2) is 17.2 Å². The molecule has 2 N–H and O–H groups in total. The molecule has 5 heteroatoms. The van der Waals surface area contributed by atoms with E-state index in [1.807, 2.05) is 11.8 Å². The summed E-state index contributed by atoms with van der Waals surface area (Å²) in [7, 11) is 0. The molecule has 0 saturated heterocycles. The van der Waals surface area contributed by atoms with Gasteiger partial charge in [-0.1, -0.05) is 6.92 Å². The van der Waals surface area contributed by atoms with E-state index in [2.05, 4.69) is 11.9 Å². The first-order valence-electron chi connectivity index (χ1n) is 6.25. The molecule has 0 aliphatic heterocycles. The minimum atomic E-state index is -0.00628. The van der Waals surface area contributed by atoms with Gasteiger partial charge in [0.2, 0.25) is 0 Å². The van der Waals surface area contributed by atoms with Gasteiger partial charge in [0.15, 0.2) is 5.82 Å². The number of aryl methyl sites for hydroxylation is 1. The van der Waals surface area contributed by atoms with Crippen molar-refractivity contribution in [2.75, 3.05) is 24.5 Å². The van der Waals surface area contributed by atoms with E-state index in [0.29, 0.717) is 12.4 Å². The third kappa shape index (κ3) is 3.56. The first-order valence-corrected chi connectivity index (χ1v) is 6.25. The summed E-state index contributed by atoms with van der Waals surface area (Å²) in [5.74, 6) is 0.539. The van der Waals surface area contributed by atoms with E-state index in [1.165, 1.54) is 0 Å². The van der Waals surface area contributed by atoms with Crippen LogP contribution in [0.2, 0.25) is 0 Å². The van der Waals surface area contributed by atoms with Crippen LogP contribution in [0.4, 0.5) is 5.82 Å². The molecule has 0 radical (unpaired) electrons. The maximum Gasteiger partial charge on any atom is 0.293 e. The van der Waals surface area contributed by atoms with Gasteiger partial charge in [-0.3, -0.25) is 4.79 Å². The van der Waals surface area contributed by atoms with Gasteiger partial charge >= 0.3 is 0 Å². The quantitative estimate of drug-likeness (QED) is 0.764. The highest BCUT2D eigenvalue weighted by atomic mass is 16.1. The highest BCUT2D eigenvalue weighted by Gasteiger charge is 2.11. The standard InChI is InChI=1S/C12H22N4O/c1-3-8-16-10-7-14-11(12(16)17)15(4-2)9-5-6-13/h7,10H,3-6,8-9,13H2,1-2H3. The maximum absolute atomic E-state index is 12.1. The maximum atomic E-state index is 12.1. The zero-order valence-electron chi connectivity index (χ0n) is 10.7. The van der Waals surface area contributed by atoms with E-state index < -0.39 is 0 Å². The number of rotatable bonds is 7. The van der Waals surface area contributed by atoms with Crippen LogP contribution < -0.4 is 16.2 Å². The van der Waals surface area contributed by atoms with Crippen molar-refractivity contribution in [1.82, 2.24) is 9.55 Å². The first-order chi connectivity index (χ1) is 8.24. The number of aromatic nitrogens is 2. The number of hydrogen-bond acceptors (Lipinski definition) is 4. The zero-order valence-corrected chi connectivity index (χ0v) is 10.7. The van der Waals surface area contributed by atoms with Crippen molar-refractivity contribution in [2.24, 2.45) is 5.73 Å². The average molecular weight is 238 g/mol.